The van der Waals surface area contributed by atoms with Gasteiger partial charge in [0.05, 0.1) is 5.92 Å². The van der Waals surface area contributed by atoms with Crippen molar-refractivity contribution in [2.75, 3.05) is 18.0 Å². The number of carboxylic acids is 1. The number of hydrogen-bond donors (Lipinski definition) is 2. The van der Waals surface area contributed by atoms with Crippen molar-refractivity contribution in [3.8, 4) is 0 Å². The minimum Gasteiger partial charge on any atom is -0.481 e. The van der Waals surface area contributed by atoms with Gasteiger partial charge in [-0.15, -0.1) is 10.2 Å². The molecule has 16 heavy (non-hydrogen) atoms. The largest absolute Gasteiger partial charge is 0.481 e. The van der Waals surface area contributed by atoms with Crippen molar-refractivity contribution in [3.63, 3.8) is 0 Å². The van der Waals surface area contributed by atoms with E-state index in [0.29, 0.717) is 25.5 Å². The molecule has 2 rings (SSSR count). The molecule has 1 aliphatic heterocycles. The molecule has 7 heteroatoms. The Morgan fingerprint density at radius 1 is 1.62 bits per heavy atom. The second-order valence-electron chi connectivity index (χ2n) is 3.78. The molecule has 0 unspecified atom stereocenters. The number of rotatable bonds is 2. The first-order chi connectivity index (χ1) is 7.66. The van der Waals surface area contributed by atoms with E-state index in [1.807, 2.05) is 0 Å². The smallest absolute Gasteiger partial charge is 0.308 e. The van der Waals surface area contributed by atoms with Gasteiger partial charge in [-0.1, -0.05) is 0 Å². The molecule has 1 aliphatic rings. The van der Waals surface area contributed by atoms with E-state index < -0.39 is 11.9 Å². The number of piperidine rings is 1. The van der Waals surface area contributed by atoms with Crippen LogP contribution in [0.3, 0.4) is 0 Å². The molecule has 0 spiro atoms. The summed E-state index contributed by atoms with van der Waals surface area (Å²) in [6.07, 6.45) is 2.52. The molecule has 1 aromatic heterocycles. The molecule has 1 aromatic rings. The maximum absolute atomic E-state index is 11.0. The first-order valence-corrected chi connectivity index (χ1v) is 5.06. The summed E-state index contributed by atoms with van der Waals surface area (Å²) in [7, 11) is 0. The van der Waals surface area contributed by atoms with Gasteiger partial charge in [-0.05, 0) is 12.8 Å². The summed E-state index contributed by atoms with van der Waals surface area (Å²) in [6, 6.07) is 0. The Morgan fingerprint density at radius 3 is 3.12 bits per heavy atom. The molecule has 86 valence electrons. The highest BCUT2D eigenvalue weighted by molar-refractivity contribution is 5.71. The lowest BCUT2D eigenvalue weighted by Gasteiger charge is -2.30. The average molecular weight is 224 g/mol. The van der Waals surface area contributed by atoms with Crippen LogP contribution in [0.4, 0.5) is 5.95 Å². The van der Waals surface area contributed by atoms with Gasteiger partial charge in [-0.3, -0.25) is 14.6 Å². The Hall–Kier alpha value is -1.92. The second kappa shape index (κ2) is 4.30. The minimum atomic E-state index is -0.809. The lowest BCUT2D eigenvalue weighted by Crippen LogP contribution is -2.40. The fraction of sp³-hybridized carbons (Fsp3) is 0.556. The highest BCUT2D eigenvalue weighted by Crippen LogP contribution is 2.19. The molecular weight excluding hydrogens is 212 g/mol. The number of hydrogen-bond acceptors (Lipinski definition) is 5. The van der Waals surface area contributed by atoms with E-state index in [1.165, 1.54) is 0 Å². The SMILES string of the molecule is O=C(O)[C@@H]1CCCN(c2nncc(=O)[nH]2)C1. The Kier molecular flexibility index (Phi) is 2.84. The van der Waals surface area contributed by atoms with Gasteiger partial charge in [0.25, 0.3) is 5.56 Å². The molecule has 0 amide bonds. The normalized spacial score (nSPS) is 20.8. The summed E-state index contributed by atoms with van der Waals surface area (Å²) in [5.74, 6) is -0.867. The van der Waals surface area contributed by atoms with E-state index in [-0.39, 0.29) is 5.56 Å². The van der Waals surface area contributed by atoms with Crippen LogP contribution in [0, 0.1) is 5.92 Å². The maximum Gasteiger partial charge on any atom is 0.308 e. The number of anilines is 1. The molecule has 2 heterocycles. The number of aromatic nitrogens is 3. The molecule has 0 aliphatic carbocycles. The van der Waals surface area contributed by atoms with Gasteiger partial charge in [0, 0.05) is 13.1 Å². The molecule has 0 aromatic carbocycles. The van der Waals surface area contributed by atoms with Crippen LogP contribution in [-0.4, -0.2) is 39.3 Å². The van der Waals surface area contributed by atoms with Crippen LogP contribution in [0.5, 0.6) is 0 Å². The van der Waals surface area contributed by atoms with E-state index in [2.05, 4.69) is 15.2 Å². The second-order valence-corrected chi connectivity index (χ2v) is 3.78. The van der Waals surface area contributed by atoms with E-state index in [1.54, 1.807) is 4.90 Å². The predicted molar refractivity (Wildman–Crippen MR) is 55.2 cm³/mol. The standard InChI is InChI=1S/C9H12N4O3/c14-7-4-10-12-9(11-7)13-3-1-2-6(5-13)8(15)16/h4,6H,1-3,5H2,(H,15,16)(H,11,12,14)/t6-/m1/s1. The highest BCUT2D eigenvalue weighted by atomic mass is 16.4. The number of carboxylic acid groups (broad SMARTS) is 1. The first kappa shape index (κ1) is 10.6. The zero-order chi connectivity index (χ0) is 11.5. The van der Waals surface area contributed by atoms with Crippen molar-refractivity contribution < 1.29 is 9.90 Å². The van der Waals surface area contributed by atoms with E-state index in [0.717, 1.165) is 12.6 Å². The van der Waals surface area contributed by atoms with E-state index >= 15 is 0 Å². The summed E-state index contributed by atoms with van der Waals surface area (Å²) in [6.45, 7) is 1.06. The quantitative estimate of drug-likeness (QED) is 0.700. The first-order valence-electron chi connectivity index (χ1n) is 5.06. The molecule has 2 N–H and O–H groups in total. The molecule has 0 radical (unpaired) electrons. The molecular formula is C9H12N4O3. The van der Waals surface area contributed by atoms with Crippen molar-refractivity contribution in [3.05, 3.63) is 16.6 Å². The van der Waals surface area contributed by atoms with Gasteiger partial charge < -0.3 is 10.0 Å². The van der Waals surface area contributed by atoms with Crippen LogP contribution >= 0.6 is 0 Å². The molecule has 1 saturated heterocycles. The van der Waals surface area contributed by atoms with Crippen molar-refractivity contribution in [1.29, 1.82) is 0 Å². The molecule has 1 atom stereocenters. The number of nitrogens with one attached hydrogen (secondary N) is 1. The van der Waals surface area contributed by atoms with E-state index in [9.17, 15) is 9.59 Å². The summed E-state index contributed by atoms with van der Waals surface area (Å²) in [5, 5.41) is 16.3. The third kappa shape index (κ3) is 2.18. The summed E-state index contributed by atoms with van der Waals surface area (Å²) in [4.78, 5) is 26.2. The predicted octanol–water partition coefficient (Wildman–Crippen LogP) is -0.534. The summed E-state index contributed by atoms with van der Waals surface area (Å²) >= 11 is 0. The van der Waals surface area contributed by atoms with Gasteiger partial charge in [-0.25, -0.2) is 0 Å². The number of nitrogens with zero attached hydrogens (tertiary/aromatic N) is 3. The monoisotopic (exact) mass is 224 g/mol. The summed E-state index contributed by atoms with van der Waals surface area (Å²) < 4.78 is 0. The number of aliphatic carboxylic acids is 1. The third-order valence-electron chi connectivity index (χ3n) is 2.63. The van der Waals surface area contributed by atoms with Crippen LogP contribution in [0.15, 0.2) is 11.0 Å². The fourth-order valence-corrected chi connectivity index (χ4v) is 1.82. The maximum atomic E-state index is 11.0. The Labute approximate surface area is 91.1 Å². The zero-order valence-corrected chi connectivity index (χ0v) is 8.59. The van der Waals surface area contributed by atoms with Crippen LogP contribution in [0.1, 0.15) is 12.8 Å². The third-order valence-corrected chi connectivity index (χ3v) is 2.63. The Bertz CT molecular complexity index is 444. The summed E-state index contributed by atoms with van der Waals surface area (Å²) in [5.41, 5.74) is -0.331. The highest BCUT2D eigenvalue weighted by Gasteiger charge is 2.26. The minimum absolute atomic E-state index is 0.331. The van der Waals surface area contributed by atoms with E-state index in [4.69, 9.17) is 5.11 Å². The number of H-pyrrole nitrogens is 1. The van der Waals surface area contributed by atoms with Gasteiger partial charge in [0.1, 0.15) is 6.20 Å². The van der Waals surface area contributed by atoms with Crippen LogP contribution in [-0.2, 0) is 4.79 Å². The molecule has 0 bridgehead atoms. The van der Waals surface area contributed by atoms with Gasteiger partial charge in [0.2, 0.25) is 5.95 Å². The molecule has 1 fully saturated rings. The van der Waals surface area contributed by atoms with Crippen LogP contribution in [0.25, 0.3) is 0 Å². The Morgan fingerprint density at radius 2 is 2.44 bits per heavy atom. The van der Waals surface area contributed by atoms with Crippen LogP contribution in [0.2, 0.25) is 0 Å². The lowest BCUT2D eigenvalue weighted by atomic mass is 9.99. The zero-order valence-electron chi connectivity index (χ0n) is 8.59. The van der Waals surface area contributed by atoms with Crippen molar-refractivity contribution >= 4 is 11.9 Å². The molecule has 7 nitrogen and oxygen atoms in total. The van der Waals surface area contributed by atoms with Crippen LogP contribution < -0.4 is 10.5 Å². The lowest BCUT2D eigenvalue weighted by molar-refractivity contribution is -0.141. The van der Waals surface area contributed by atoms with Gasteiger partial charge in [0.15, 0.2) is 0 Å². The molecule has 0 saturated carbocycles. The Balaban J connectivity index is 2.15. The van der Waals surface area contributed by atoms with Crippen molar-refractivity contribution in [2.24, 2.45) is 5.92 Å². The van der Waals surface area contributed by atoms with Crippen molar-refractivity contribution in [2.45, 2.75) is 12.8 Å². The average Bonchev–Trinajstić information content (AvgIpc) is 2.29. The number of aromatic amines is 1. The van der Waals surface area contributed by atoms with Gasteiger partial charge in [-0.2, -0.15) is 0 Å². The topological polar surface area (TPSA) is 99.2 Å². The fourth-order valence-electron chi connectivity index (χ4n) is 1.82. The van der Waals surface area contributed by atoms with Gasteiger partial charge >= 0.3 is 5.97 Å². The number of carbonyl (C=O) groups is 1. The van der Waals surface area contributed by atoms with Crippen molar-refractivity contribution in [1.82, 2.24) is 15.2 Å².